The van der Waals surface area contributed by atoms with Gasteiger partial charge in [0.2, 0.25) is 6.61 Å². The van der Waals surface area contributed by atoms with E-state index in [2.05, 4.69) is 20.3 Å². The topological polar surface area (TPSA) is 228 Å². The number of carboxylic acids is 2. The van der Waals surface area contributed by atoms with Gasteiger partial charge in [-0.1, -0.05) is 23.4 Å². The second kappa shape index (κ2) is 11.3. The summed E-state index contributed by atoms with van der Waals surface area (Å²) in [6.07, 6.45) is 2.81. The summed E-state index contributed by atoms with van der Waals surface area (Å²) < 4.78 is 0. The van der Waals surface area contributed by atoms with E-state index in [9.17, 15) is 34.4 Å². The molecule has 1 unspecified atom stereocenters. The molecule has 2 aliphatic rings. The molecule has 15 nitrogen and oxygen atoms in total. The first-order valence-electron chi connectivity index (χ1n) is 10.8. The van der Waals surface area contributed by atoms with Crippen molar-refractivity contribution in [3.63, 3.8) is 0 Å². The number of nitrogens with one attached hydrogen (secondary N) is 1. The van der Waals surface area contributed by atoms with Gasteiger partial charge in [-0.25, -0.2) is 14.6 Å². The largest absolute Gasteiger partial charge is 0.479 e. The second-order valence-electron chi connectivity index (χ2n) is 7.87. The Morgan fingerprint density at radius 3 is 2.69 bits per heavy atom. The van der Waals surface area contributed by atoms with Crippen molar-refractivity contribution >= 4 is 69.5 Å². The van der Waals surface area contributed by atoms with Gasteiger partial charge in [0.05, 0.1) is 10.5 Å². The van der Waals surface area contributed by atoms with E-state index in [1.54, 1.807) is 6.07 Å². The van der Waals surface area contributed by atoms with Gasteiger partial charge in [0, 0.05) is 17.2 Å². The number of rotatable bonds is 10. The van der Waals surface area contributed by atoms with E-state index in [0.717, 1.165) is 16.2 Å². The van der Waals surface area contributed by atoms with E-state index < -0.39 is 52.4 Å². The van der Waals surface area contributed by atoms with Crippen LogP contribution < -0.4 is 11.1 Å². The molecule has 1 aromatic carbocycles. The first-order chi connectivity index (χ1) is 18.6. The van der Waals surface area contributed by atoms with Crippen LogP contribution in [-0.2, 0) is 24.0 Å². The number of anilines is 1. The van der Waals surface area contributed by atoms with Crippen molar-refractivity contribution in [3.8, 4) is 0 Å². The molecule has 1 aromatic heterocycles. The number of carbonyl (C=O) groups is 4. The van der Waals surface area contributed by atoms with Gasteiger partial charge in [0.25, 0.3) is 17.5 Å². The fraction of sp³-hybridized carbons (Fsp3) is 0.182. The zero-order valence-corrected chi connectivity index (χ0v) is 21.2. The number of nitro groups is 1. The molecule has 0 aliphatic carbocycles. The van der Waals surface area contributed by atoms with Crippen LogP contribution in [-0.4, -0.2) is 78.3 Å². The number of nitrogens with two attached hydrogens (primary N) is 1. The minimum atomic E-state index is -1.39. The van der Waals surface area contributed by atoms with Gasteiger partial charge in [-0.3, -0.25) is 24.6 Å². The lowest BCUT2D eigenvalue weighted by Crippen LogP contribution is -2.71. The summed E-state index contributed by atoms with van der Waals surface area (Å²) in [7, 11) is 0. The van der Waals surface area contributed by atoms with Crippen LogP contribution >= 0.6 is 23.1 Å². The number of hydrogen-bond donors (Lipinski definition) is 4. The number of aromatic nitrogens is 1. The first kappa shape index (κ1) is 27.3. The molecule has 0 bridgehead atoms. The fourth-order valence-corrected chi connectivity index (χ4v) is 5.59. The standard InChI is InChI=1S/C22H18N6O9S2/c23-22-24-12(9-39-22)15(26-37-7-14(29)30)18(31)25-16-19(32)27-17(21(33)34)11(8-38-20(16)27)6-5-10-3-1-2-4-13(10)28(35)36/h1-6,9,16,20H,7-8H2,(H2,23,24)(H,25,31)(H,29,30)(H,33,34)/t16?,20-/m0/s1. The van der Waals surface area contributed by atoms with E-state index in [4.69, 9.17) is 10.8 Å². The molecule has 2 aliphatic heterocycles. The summed E-state index contributed by atoms with van der Waals surface area (Å²) in [5.74, 6) is -4.21. The van der Waals surface area contributed by atoms with Crippen LogP contribution in [0.3, 0.4) is 0 Å². The Bertz CT molecular complexity index is 1470. The predicted octanol–water partition coefficient (Wildman–Crippen LogP) is 0.891. The normalized spacial score (nSPS) is 18.9. The molecule has 202 valence electrons. The number of carbonyl (C=O) groups excluding carboxylic acids is 2. The number of amides is 2. The molecule has 4 rings (SSSR count). The van der Waals surface area contributed by atoms with Gasteiger partial charge >= 0.3 is 11.9 Å². The Morgan fingerprint density at radius 2 is 2.05 bits per heavy atom. The Kier molecular flexibility index (Phi) is 7.91. The molecular formula is C22H18N6O9S2. The highest BCUT2D eigenvalue weighted by molar-refractivity contribution is 8.00. The molecule has 0 radical (unpaired) electrons. The lowest BCUT2D eigenvalue weighted by molar-refractivity contribution is -0.385. The van der Waals surface area contributed by atoms with Gasteiger partial charge < -0.3 is 26.1 Å². The van der Waals surface area contributed by atoms with Crippen LogP contribution in [0.2, 0.25) is 0 Å². The summed E-state index contributed by atoms with van der Waals surface area (Å²) in [6.45, 7) is -0.833. The maximum atomic E-state index is 13.0. The van der Waals surface area contributed by atoms with Gasteiger partial charge in [-0.05, 0) is 17.7 Å². The van der Waals surface area contributed by atoms with Crippen LogP contribution in [0.4, 0.5) is 10.8 Å². The van der Waals surface area contributed by atoms with Crippen LogP contribution in [0, 0.1) is 10.1 Å². The number of nitrogens with zero attached hydrogens (tertiary/aromatic N) is 4. The van der Waals surface area contributed by atoms with Crippen molar-refractivity contribution in [2.45, 2.75) is 11.4 Å². The minimum Gasteiger partial charge on any atom is -0.479 e. The van der Waals surface area contributed by atoms with Gasteiger partial charge in [-0.2, -0.15) is 0 Å². The van der Waals surface area contributed by atoms with Crippen molar-refractivity contribution in [2.24, 2.45) is 5.16 Å². The third kappa shape index (κ3) is 5.73. The van der Waals surface area contributed by atoms with Crippen LogP contribution in [0.25, 0.3) is 6.08 Å². The van der Waals surface area contributed by atoms with Crippen molar-refractivity contribution in [3.05, 3.63) is 68.4 Å². The molecule has 2 aromatic rings. The van der Waals surface area contributed by atoms with E-state index in [1.165, 1.54) is 47.5 Å². The van der Waals surface area contributed by atoms with Crippen molar-refractivity contribution in [2.75, 3.05) is 18.1 Å². The smallest absolute Gasteiger partial charge is 0.352 e. The number of carboxylic acid groups (broad SMARTS) is 2. The van der Waals surface area contributed by atoms with E-state index in [1.807, 2.05) is 0 Å². The number of hydrogen-bond acceptors (Lipinski definition) is 12. The SMILES string of the molecule is Nc1nc(C(=NOCC(=O)O)C(=O)NC2C(=O)N3C(C(=O)O)=C(C=Cc4ccccc4[N+](=O)[O-])CS[C@@H]23)cs1. The monoisotopic (exact) mass is 574 g/mol. The van der Waals surface area contributed by atoms with E-state index >= 15 is 0 Å². The molecule has 0 spiro atoms. The number of thioether (sulfide) groups is 1. The lowest BCUT2D eigenvalue weighted by Gasteiger charge is -2.49. The Balaban J connectivity index is 1.55. The second-order valence-corrected chi connectivity index (χ2v) is 9.86. The van der Waals surface area contributed by atoms with E-state index in [-0.39, 0.29) is 39.1 Å². The van der Waals surface area contributed by atoms with Crippen molar-refractivity contribution in [1.82, 2.24) is 15.2 Å². The number of β-lactam (4-membered cyclic amide) rings is 1. The van der Waals surface area contributed by atoms with Crippen LogP contribution in [0.15, 0.2) is 52.1 Å². The lowest BCUT2D eigenvalue weighted by atomic mass is 10.0. The predicted molar refractivity (Wildman–Crippen MR) is 138 cm³/mol. The molecule has 2 atom stereocenters. The third-order valence-electron chi connectivity index (χ3n) is 5.41. The molecule has 0 saturated carbocycles. The minimum absolute atomic E-state index is 0.00568. The summed E-state index contributed by atoms with van der Waals surface area (Å²) in [5, 5.41) is 36.6. The van der Waals surface area contributed by atoms with Crippen molar-refractivity contribution in [1.29, 1.82) is 0 Å². The average molecular weight is 575 g/mol. The number of nitro benzene ring substituents is 1. The summed E-state index contributed by atoms with van der Waals surface area (Å²) in [6, 6.07) is 4.79. The van der Waals surface area contributed by atoms with Crippen LogP contribution in [0.1, 0.15) is 11.3 Å². The highest BCUT2D eigenvalue weighted by Crippen LogP contribution is 2.41. The highest BCUT2D eigenvalue weighted by atomic mass is 32.2. The number of para-hydroxylation sites is 1. The number of oxime groups is 1. The van der Waals surface area contributed by atoms with Gasteiger partial charge in [-0.15, -0.1) is 23.1 Å². The third-order valence-corrected chi connectivity index (χ3v) is 7.38. The number of benzene rings is 1. The first-order valence-corrected chi connectivity index (χ1v) is 12.8. The number of fused-ring (bicyclic) bond motifs is 1. The maximum absolute atomic E-state index is 13.0. The highest BCUT2D eigenvalue weighted by Gasteiger charge is 2.54. The molecule has 2 amide bonds. The number of aliphatic carboxylic acids is 2. The average Bonchev–Trinajstić information content (AvgIpc) is 3.33. The number of allylic oxidation sites excluding steroid dienone is 1. The van der Waals surface area contributed by atoms with Crippen molar-refractivity contribution < 1.29 is 39.2 Å². The molecular weight excluding hydrogens is 556 g/mol. The fourth-order valence-electron chi connectivity index (χ4n) is 3.72. The van der Waals surface area contributed by atoms with Crippen LogP contribution in [0.5, 0.6) is 0 Å². The Morgan fingerprint density at radius 1 is 1.31 bits per heavy atom. The molecule has 17 heteroatoms. The molecule has 1 fully saturated rings. The summed E-state index contributed by atoms with van der Waals surface area (Å²) in [4.78, 5) is 69.1. The number of nitrogen functional groups attached to an aromatic ring is 1. The Hall–Kier alpha value is -4.77. The quantitative estimate of drug-likeness (QED) is 0.134. The molecule has 1 saturated heterocycles. The summed E-state index contributed by atoms with van der Waals surface area (Å²) in [5.41, 5.74) is 5.21. The zero-order valence-electron chi connectivity index (χ0n) is 19.5. The maximum Gasteiger partial charge on any atom is 0.352 e. The van der Waals surface area contributed by atoms with Gasteiger partial charge in [0.1, 0.15) is 22.8 Å². The summed E-state index contributed by atoms with van der Waals surface area (Å²) >= 11 is 2.17. The number of thiazole rings is 1. The molecule has 3 heterocycles. The van der Waals surface area contributed by atoms with E-state index in [0.29, 0.717) is 0 Å². The zero-order chi connectivity index (χ0) is 28.3. The Labute approximate surface area is 226 Å². The van der Waals surface area contributed by atoms with Gasteiger partial charge in [0.15, 0.2) is 10.8 Å². The molecule has 39 heavy (non-hydrogen) atoms. The molecule has 5 N–H and O–H groups in total.